The quantitative estimate of drug-likeness (QED) is 0.920. The lowest BCUT2D eigenvalue weighted by atomic mass is 9.89. The number of hydrogen-bond donors (Lipinski definition) is 1. The average Bonchev–Trinajstić information content (AvgIpc) is 2.96. The van der Waals surface area contributed by atoms with E-state index in [-0.39, 0.29) is 23.8 Å². The lowest BCUT2D eigenvalue weighted by molar-refractivity contribution is -0.142. The summed E-state index contributed by atoms with van der Waals surface area (Å²) in [6.07, 6.45) is 3.63. The zero-order valence-electron chi connectivity index (χ0n) is 11.6. The zero-order chi connectivity index (χ0) is 14.3. The lowest BCUT2D eigenvalue weighted by Crippen LogP contribution is -2.40. The maximum atomic E-state index is 13.2. The van der Waals surface area contributed by atoms with Crippen LogP contribution in [0.3, 0.4) is 0 Å². The number of carboxylic acid groups (broad SMARTS) is 1. The number of halogens is 1. The molecule has 1 aromatic rings. The maximum Gasteiger partial charge on any atom is 0.308 e. The third-order valence-electron chi connectivity index (χ3n) is 4.84. The monoisotopic (exact) mass is 277 g/mol. The zero-order valence-corrected chi connectivity index (χ0v) is 11.6. The SMILES string of the molecule is CC(Cc1cccc(F)c1)N1C2CCC1C(C(=O)O)C2. The molecular weight excluding hydrogens is 257 g/mol. The van der Waals surface area contributed by atoms with E-state index in [2.05, 4.69) is 11.8 Å². The van der Waals surface area contributed by atoms with E-state index in [9.17, 15) is 14.3 Å². The highest BCUT2D eigenvalue weighted by Crippen LogP contribution is 2.43. The minimum absolute atomic E-state index is 0.168. The molecule has 1 aromatic carbocycles. The molecule has 0 amide bonds. The van der Waals surface area contributed by atoms with Crippen molar-refractivity contribution in [3.05, 3.63) is 35.6 Å². The summed E-state index contributed by atoms with van der Waals surface area (Å²) in [4.78, 5) is 13.7. The van der Waals surface area contributed by atoms with Crippen molar-refractivity contribution in [1.29, 1.82) is 0 Å². The molecule has 108 valence electrons. The van der Waals surface area contributed by atoms with Crippen molar-refractivity contribution >= 4 is 5.97 Å². The highest BCUT2D eigenvalue weighted by atomic mass is 19.1. The molecule has 0 saturated carbocycles. The Morgan fingerprint density at radius 1 is 1.50 bits per heavy atom. The van der Waals surface area contributed by atoms with Gasteiger partial charge >= 0.3 is 5.97 Å². The van der Waals surface area contributed by atoms with E-state index in [1.165, 1.54) is 6.07 Å². The molecule has 4 atom stereocenters. The Morgan fingerprint density at radius 3 is 2.95 bits per heavy atom. The molecule has 2 heterocycles. The van der Waals surface area contributed by atoms with Crippen molar-refractivity contribution < 1.29 is 14.3 Å². The predicted octanol–water partition coefficient (Wildman–Crippen LogP) is 2.69. The number of benzene rings is 1. The molecule has 2 saturated heterocycles. The Balaban J connectivity index is 1.72. The first kappa shape index (κ1) is 13.6. The number of carboxylic acids is 1. The summed E-state index contributed by atoms with van der Waals surface area (Å²) < 4.78 is 13.2. The average molecular weight is 277 g/mol. The second kappa shape index (κ2) is 5.17. The van der Waals surface area contributed by atoms with E-state index >= 15 is 0 Å². The number of nitrogens with zero attached hydrogens (tertiary/aromatic N) is 1. The van der Waals surface area contributed by atoms with E-state index in [1.54, 1.807) is 12.1 Å². The summed E-state index contributed by atoms with van der Waals surface area (Å²) >= 11 is 0. The van der Waals surface area contributed by atoms with Gasteiger partial charge in [-0.25, -0.2) is 4.39 Å². The second-order valence-electron chi connectivity index (χ2n) is 6.11. The van der Waals surface area contributed by atoms with Gasteiger partial charge in [0.15, 0.2) is 0 Å². The highest BCUT2D eigenvalue weighted by molar-refractivity contribution is 5.71. The molecule has 4 unspecified atom stereocenters. The van der Waals surface area contributed by atoms with Gasteiger partial charge in [0.1, 0.15) is 5.82 Å². The van der Waals surface area contributed by atoms with Gasteiger partial charge in [-0.15, -0.1) is 0 Å². The summed E-state index contributed by atoms with van der Waals surface area (Å²) in [6.45, 7) is 2.13. The van der Waals surface area contributed by atoms with Gasteiger partial charge in [-0.05, 0) is 50.3 Å². The third kappa shape index (κ3) is 2.33. The van der Waals surface area contributed by atoms with E-state index in [0.717, 1.165) is 31.2 Å². The molecule has 0 aliphatic carbocycles. The van der Waals surface area contributed by atoms with Gasteiger partial charge in [-0.2, -0.15) is 0 Å². The topological polar surface area (TPSA) is 40.5 Å². The number of hydrogen-bond acceptors (Lipinski definition) is 2. The number of fused-ring (bicyclic) bond motifs is 2. The minimum Gasteiger partial charge on any atom is -0.481 e. The fourth-order valence-electron chi connectivity index (χ4n) is 4.09. The standard InChI is InChI=1S/C16H20FNO2/c1-10(7-11-3-2-4-12(17)8-11)18-13-5-6-15(18)14(9-13)16(19)20/h2-4,8,10,13-15H,5-7,9H2,1H3,(H,19,20). The first-order valence-corrected chi connectivity index (χ1v) is 7.31. The fourth-order valence-corrected chi connectivity index (χ4v) is 4.09. The molecule has 3 nitrogen and oxygen atoms in total. The number of carbonyl (C=O) groups is 1. The highest BCUT2D eigenvalue weighted by Gasteiger charge is 2.50. The van der Waals surface area contributed by atoms with Gasteiger partial charge in [0.2, 0.25) is 0 Å². The summed E-state index contributed by atoms with van der Waals surface area (Å²) in [7, 11) is 0. The van der Waals surface area contributed by atoms with E-state index in [4.69, 9.17) is 0 Å². The number of rotatable bonds is 4. The van der Waals surface area contributed by atoms with Gasteiger partial charge < -0.3 is 5.11 Å². The summed E-state index contributed by atoms with van der Waals surface area (Å²) in [5, 5.41) is 9.28. The van der Waals surface area contributed by atoms with Crippen LogP contribution in [-0.4, -0.2) is 34.1 Å². The van der Waals surface area contributed by atoms with Crippen LogP contribution in [0.25, 0.3) is 0 Å². The first-order chi connectivity index (χ1) is 9.56. The molecule has 2 fully saturated rings. The van der Waals surface area contributed by atoms with Crippen LogP contribution in [0.5, 0.6) is 0 Å². The summed E-state index contributed by atoms with van der Waals surface area (Å²) in [5.74, 6) is -1.09. The molecule has 2 aliphatic rings. The van der Waals surface area contributed by atoms with Crippen LogP contribution in [0.4, 0.5) is 4.39 Å². The molecule has 3 rings (SSSR count). The van der Waals surface area contributed by atoms with E-state index < -0.39 is 5.97 Å². The van der Waals surface area contributed by atoms with Crippen LogP contribution in [-0.2, 0) is 11.2 Å². The smallest absolute Gasteiger partial charge is 0.308 e. The normalized spacial score (nSPS) is 30.6. The molecular formula is C16H20FNO2. The summed E-state index contributed by atoms with van der Waals surface area (Å²) in [5.41, 5.74) is 0.982. The predicted molar refractivity (Wildman–Crippen MR) is 74.0 cm³/mol. The number of aliphatic carboxylic acids is 1. The third-order valence-corrected chi connectivity index (χ3v) is 4.84. The minimum atomic E-state index is -0.667. The van der Waals surface area contributed by atoms with Crippen molar-refractivity contribution in [3.8, 4) is 0 Å². The van der Waals surface area contributed by atoms with Gasteiger partial charge in [0.25, 0.3) is 0 Å². The van der Waals surface area contributed by atoms with Crippen LogP contribution < -0.4 is 0 Å². The first-order valence-electron chi connectivity index (χ1n) is 7.31. The largest absolute Gasteiger partial charge is 0.481 e. The molecule has 0 aromatic heterocycles. The molecule has 2 bridgehead atoms. The van der Waals surface area contributed by atoms with Crippen LogP contribution in [0, 0.1) is 11.7 Å². The van der Waals surface area contributed by atoms with E-state index in [1.807, 2.05) is 6.07 Å². The molecule has 2 aliphatic heterocycles. The Bertz CT molecular complexity index is 519. The van der Waals surface area contributed by atoms with Gasteiger partial charge in [0.05, 0.1) is 5.92 Å². The van der Waals surface area contributed by atoms with Gasteiger partial charge in [-0.3, -0.25) is 9.69 Å². The Hall–Kier alpha value is -1.42. The summed E-state index contributed by atoms with van der Waals surface area (Å²) in [6, 6.07) is 7.52. The van der Waals surface area contributed by atoms with Crippen molar-refractivity contribution in [2.45, 2.75) is 50.7 Å². The molecule has 1 N–H and O–H groups in total. The Kier molecular flexibility index (Phi) is 3.50. The molecule has 20 heavy (non-hydrogen) atoms. The second-order valence-corrected chi connectivity index (χ2v) is 6.11. The van der Waals surface area contributed by atoms with Crippen molar-refractivity contribution in [2.75, 3.05) is 0 Å². The van der Waals surface area contributed by atoms with Gasteiger partial charge in [0, 0.05) is 18.1 Å². The van der Waals surface area contributed by atoms with Crippen LogP contribution in [0.1, 0.15) is 31.7 Å². The fraction of sp³-hybridized carbons (Fsp3) is 0.562. The Labute approximate surface area is 118 Å². The molecule has 0 spiro atoms. The lowest BCUT2D eigenvalue weighted by Gasteiger charge is -2.30. The van der Waals surface area contributed by atoms with Crippen molar-refractivity contribution in [2.24, 2.45) is 5.92 Å². The Morgan fingerprint density at radius 2 is 2.30 bits per heavy atom. The van der Waals surface area contributed by atoms with E-state index in [0.29, 0.717) is 6.04 Å². The molecule has 0 radical (unpaired) electrons. The van der Waals surface area contributed by atoms with Gasteiger partial charge in [-0.1, -0.05) is 12.1 Å². The van der Waals surface area contributed by atoms with Crippen LogP contribution >= 0.6 is 0 Å². The van der Waals surface area contributed by atoms with Crippen molar-refractivity contribution in [3.63, 3.8) is 0 Å². The van der Waals surface area contributed by atoms with Crippen LogP contribution in [0.15, 0.2) is 24.3 Å². The molecule has 4 heteroatoms. The maximum absolute atomic E-state index is 13.2. The van der Waals surface area contributed by atoms with Crippen molar-refractivity contribution in [1.82, 2.24) is 4.90 Å². The van der Waals surface area contributed by atoms with Crippen LogP contribution in [0.2, 0.25) is 0 Å².